The van der Waals surface area contributed by atoms with Gasteiger partial charge in [-0.25, -0.2) is 9.18 Å². The summed E-state index contributed by atoms with van der Waals surface area (Å²) >= 11 is 0. The van der Waals surface area contributed by atoms with Crippen LogP contribution in [0.15, 0.2) is 18.2 Å². The number of halogens is 1. The van der Waals surface area contributed by atoms with Crippen LogP contribution in [0.25, 0.3) is 0 Å². The van der Waals surface area contributed by atoms with Gasteiger partial charge in [0.2, 0.25) is 0 Å². The molecule has 5 nitrogen and oxygen atoms in total. The Bertz CT molecular complexity index is 531. The van der Waals surface area contributed by atoms with Crippen molar-refractivity contribution in [1.82, 2.24) is 4.90 Å². The Hall–Kier alpha value is -1.95. The molecule has 0 unspecified atom stereocenters. The first-order valence-corrected chi connectivity index (χ1v) is 5.88. The quantitative estimate of drug-likeness (QED) is 0.830. The molecule has 0 aromatic heterocycles. The lowest BCUT2D eigenvalue weighted by molar-refractivity contribution is -0.141. The molecule has 0 spiro atoms. The molecule has 1 fully saturated rings. The van der Waals surface area contributed by atoms with Crippen molar-refractivity contribution >= 4 is 11.9 Å². The highest BCUT2D eigenvalue weighted by atomic mass is 19.1. The van der Waals surface area contributed by atoms with E-state index in [9.17, 15) is 19.1 Å². The smallest absolute Gasteiger partial charge is 0.326 e. The van der Waals surface area contributed by atoms with E-state index in [-0.39, 0.29) is 18.5 Å². The molecule has 2 N–H and O–H groups in total. The number of rotatable bonds is 2. The normalized spacial score (nSPS) is 22.6. The first kappa shape index (κ1) is 13.5. The van der Waals surface area contributed by atoms with Gasteiger partial charge in [-0.05, 0) is 24.6 Å². The molecule has 0 aliphatic carbocycles. The van der Waals surface area contributed by atoms with E-state index in [0.717, 1.165) is 4.90 Å². The molecule has 0 radical (unpaired) electrons. The van der Waals surface area contributed by atoms with E-state index in [1.807, 2.05) is 0 Å². The summed E-state index contributed by atoms with van der Waals surface area (Å²) in [5, 5.41) is 18.5. The number of carboxylic acid groups (broad SMARTS) is 1. The Morgan fingerprint density at radius 3 is 2.68 bits per heavy atom. The maximum absolute atomic E-state index is 13.7. The highest BCUT2D eigenvalue weighted by Gasteiger charge is 2.39. The number of aliphatic hydroxyl groups is 1. The van der Waals surface area contributed by atoms with Crippen LogP contribution in [0.4, 0.5) is 4.39 Å². The number of aryl methyl sites for hydroxylation is 1. The molecule has 1 heterocycles. The predicted octanol–water partition coefficient (Wildman–Crippen LogP) is 0.794. The second-order valence-corrected chi connectivity index (χ2v) is 4.68. The molecule has 1 aliphatic rings. The van der Waals surface area contributed by atoms with Crippen molar-refractivity contribution in [2.75, 3.05) is 6.54 Å². The van der Waals surface area contributed by atoms with E-state index < -0.39 is 29.8 Å². The third-order valence-corrected chi connectivity index (χ3v) is 3.18. The van der Waals surface area contributed by atoms with Gasteiger partial charge in [0, 0.05) is 13.0 Å². The molecule has 1 aliphatic heterocycles. The summed E-state index contributed by atoms with van der Waals surface area (Å²) in [5.74, 6) is -2.59. The molecular formula is C13H14FNO4. The fourth-order valence-corrected chi connectivity index (χ4v) is 2.22. The summed E-state index contributed by atoms with van der Waals surface area (Å²) in [6, 6.07) is 3.02. The summed E-state index contributed by atoms with van der Waals surface area (Å²) in [6.07, 6.45) is -0.923. The average molecular weight is 267 g/mol. The predicted molar refractivity (Wildman–Crippen MR) is 64.2 cm³/mol. The summed E-state index contributed by atoms with van der Waals surface area (Å²) in [4.78, 5) is 24.2. The molecule has 102 valence electrons. The second kappa shape index (κ2) is 4.97. The average Bonchev–Trinajstić information content (AvgIpc) is 2.70. The first-order valence-electron chi connectivity index (χ1n) is 5.88. The minimum Gasteiger partial charge on any atom is -0.480 e. The lowest BCUT2D eigenvalue weighted by Crippen LogP contribution is -2.40. The molecule has 2 atom stereocenters. The summed E-state index contributed by atoms with van der Waals surface area (Å²) in [7, 11) is 0. The van der Waals surface area contributed by atoms with Gasteiger partial charge in [-0.3, -0.25) is 4.79 Å². The van der Waals surface area contributed by atoms with Crippen LogP contribution >= 0.6 is 0 Å². The molecule has 6 heteroatoms. The van der Waals surface area contributed by atoms with Crippen LogP contribution in [0.2, 0.25) is 0 Å². The largest absolute Gasteiger partial charge is 0.480 e. The van der Waals surface area contributed by atoms with Gasteiger partial charge in [0.1, 0.15) is 11.9 Å². The third-order valence-electron chi connectivity index (χ3n) is 3.18. The SMILES string of the molecule is Cc1ccc(C(=O)N2C[C@@H](O)C[C@H]2C(=O)O)c(F)c1. The Kier molecular flexibility index (Phi) is 3.53. The number of β-amino-alcohol motifs (C(OH)–C–C–N with tert-alkyl or cyclic N) is 1. The lowest BCUT2D eigenvalue weighted by Gasteiger charge is -2.21. The molecule has 0 bridgehead atoms. The first-order chi connectivity index (χ1) is 8.90. The molecule has 1 aromatic rings. The van der Waals surface area contributed by atoms with E-state index in [1.165, 1.54) is 12.1 Å². The van der Waals surface area contributed by atoms with Gasteiger partial charge in [-0.15, -0.1) is 0 Å². The minimum absolute atomic E-state index is 0.0332. The summed E-state index contributed by atoms with van der Waals surface area (Å²) in [6.45, 7) is 1.60. The number of aliphatic hydroxyl groups excluding tert-OH is 1. The van der Waals surface area contributed by atoms with Crippen LogP contribution in [0.3, 0.4) is 0 Å². The van der Waals surface area contributed by atoms with Gasteiger partial charge in [-0.2, -0.15) is 0 Å². The van der Waals surface area contributed by atoms with Crippen LogP contribution in [0, 0.1) is 12.7 Å². The number of carbonyl (C=O) groups is 2. The highest BCUT2D eigenvalue weighted by Crippen LogP contribution is 2.22. The molecule has 19 heavy (non-hydrogen) atoms. The van der Waals surface area contributed by atoms with Crippen molar-refractivity contribution in [3.05, 3.63) is 35.1 Å². The summed E-state index contributed by atoms with van der Waals surface area (Å²) in [5.41, 5.74) is 0.497. The van der Waals surface area contributed by atoms with Crippen molar-refractivity contribution < 1.29 is 24.2 Å². The van der Waals surface area contributed by atoms with Crippen LogP contribution in [0.5, 0.6) is 0 Å². The molecule has 0 saturated carbocycles. The number of hydrogen-bond donors (Lipinski definition) is 2. The standard InChI is InChI=1S/C13H14FNO4/c1-7-2-3-9(10(14)4-7)12(17)15-6-8(16)5-11(15)13(18)19/h2-4,8,11,16H,5-6H2,1H3,(H,18,19)/t8-,11-/m0/s1. The van der Waals surface area contributed by atoms with E-state index >= 15 is 0 Å². The number of aliphatic carboxylic acids is 1. The molecule has 1 amide bonds. The fourth-order valence-electron chi connectivity index (χ4n) is 2.22. The number of amides is 1. The molecular weight excluding hydrogens is 253 g/mol. The van der Waals surface area contributed by atoms with Gasteiger partial charge < -0.3 is 15.1 Å². The number of nitrogens with zero attached hydrogens (tertiary/aromatic N) is 1. The summed E-state index contributed by atoms with van der Waals surface area (Å²) < 4.78 is 13.7. The Balaban J connectivity index is 2.30. The van der Waals surface area contributed by atoms with E-state index in [2.05, 4.69) is 0 Å². The zero-order valence-electron chi connectivity index (χ0n) is 10.3. The van der Waals surface area contributed by atoms with Crippen molar-refractivity contribution in [3.63, 3.8) is 0 Å². The monoisotopic (exact) mass is 267 g/mol. The van der Waals surface area contributed by atoms with Crippen molar-refractivity contribution in [2.24, 2.45) is 0 Å². The van der Waals surface area contributed by atoms with Gasteiger partial charge in [0.05, 0.1) is 11.7 Å². The van der Waals surface area contributed by atoms with Gasteiger partial charge in [0.25, 0.3) is 5.91 Å². The van der Waals surface area contributed by atoms with Crippen molar-refractivity contribution in [1.29, 1.82) is 0 Å². The van der Waals surface area contributed by atoms with Crippen LogP contribution in [-0.2, 0) is 4.79 Å². The van der Waals surface area contributed by atoms with Crippen molar-refractivity contribution in [3.8, 4) is 0 Å². The van der Waals surface area contributed by atoms with E-state index in [4.69, 9.17) is 5.11 Å². The van der Waals surface area contributed by atoms with E-state index in [0.29, 0.717) is 5.56 Å². The number of benzene rings is 1. The van der Waals surface area contributed by atoms with Crippen LogP contribution in [-0.4, -0.2) is 45.7 Å². The topological polar surface area (TPSA) is 77.8 Å². The zero-order valence-corrected chi connectivity index (χ0v) is 10.3. The van der Waals surface area contributed by atoms with Gasteiger partial charge in [-0.1, -0.05) is 6.07 Å². The minimum atomic E-state index is -1.20. The third kappa shape index (κ3) is 2.58. The molecule has 1 aromatic carbocycles. The van der Waals surface area contributed by atoms with Gasteiger partial charge in [0.15, 0.2) is 0 Å². The molecule has 2 rings (SSSR count). The fraction of sp³-hybridized carbons (Fsp3) is 0.385. The van der Waals surface area contributed by atoms with Crippen molar-refractivity contribution in [2.45, 2.75) is 25.5 Å². The second-order valence-electron chi connectivity index (χ2n) is 4.68. The number of carboxylic acids is 1. The number of likely N-dealkylation sites (tertiary alicyclic amines) is 1. The zero-order chi connectivity index (χ0) is 14.2. The lowest BCUT2D eigenvalue weighted by atomic mass is 10.1. The Morgan fingerprint density at radius 1 is 1.42 bits per heavy atom. The van der Waals surface area contributed by atoms with Crippen LogP contribution in [0.1, 0.15) is 22.3 Å². The van der Waals surface area contributed by atoms with Crippen LogP contribution < -0.4 is 0 Å². The Labute approximate surface area is 109 Å². The molecule has 1 saturated heterocycles. The maximum Gasteiger partial charge on any atom is 0.326 e. The number of carbonyl (C=O) groups excluding carboxylic acids is 1. The highest BCUT2D eigenvalue weighted by molar-refractivity contribution is 5.97. The number of hydrogen-bond acceptors (Lipinski definition) is 3. The Morgan fingerprint density at radius 2 is 2.11 bits per heavy atom. The van der Waals surface area contributed by atoms with Gasteiger partial charge >= 0.3 is 5.97 Å². The maximum atomic E-state index is 13.7. The van der Waals surface area contributed by atoms with E-state index in [1.54, 1.807) is 13.0 Å².